The molecule has 0 spiro atoms. The lowest BCUT2D eigenvalue weighted by atomic mass is 10.2. The Balaban J connectivity index is 2.54. The van der Waals surface area contributed by atoms with Crippen LogP contribution in [-0.2, 0) is 4.79 Å². The van der Waals surface area contributed by atoms with Gasteiger partial charge in [0.15, 0.2) is 0 Å². The number of urea groups is 1. The summed E-state index contributed by atoms with van der Waals surface area (Å²) in [5.41, 5.74) is 0.641. The summed E-state index contributed by atoms with van der Waals surface area (Å²) in [5, 5.41) is 13.8. The number of halogens is 2. The molecular formula is C11H12BrIN2O3. The van der Waals surface area contributed by atoms with Gasteiger partial charge in [-0.3, -0.25) is 4.79 Å². The summed E-state index contributed by atoms with van der Waals surface area (Å²) in [5.74, 6) is -0.945. The van der Waals surface area contributed by atoms with Gasteiger partial charge in [-0.15, -0.1) is 0 Å². The van der Waals surface area contributed by atoms with Gasteiger partial charge in [0.2, 0.25) is 0 Å². The van der Waals surface area contributed by atoms with Crippen LogP contribution in [0.4, 0.5) is 10.5 Å². The number of carbonyl (C=O) groups is 2. The quantitative estimate of drug-likeness (QED) is 0.647. The highest BCUT2D eigenvalue weighted by molar-refractivity contribution is 14.1. The Labute approximate surface area is 127 Å². The van der Waals surface area contributed by atoms with Crippen molar-refractivity contribution in [3.8, 4) is 0 Å². The zero-order chi connectivity index (χ0) is 13.7. The molecule has 1 aromatic rings. The van der Waals surface area contributed by atoms with Crippen molar-refractivity contribution >= 4 is 56.2 Å². The molecule has 0 aliphatic carbocycles. The van der Waals surface area contributed by atoms with Gasteiger partial charge >= 0.3 is 12.0 Å². The average Bonchev–Trinajstić information content (AvgIpc) is 2.21. The van der Waals surface area contributed by atoms with Crippen molar-refractivity contribution in [2.24, 2.45) is 0 Å². The monoisotopic (exact) mass is 426 g/mol. The number of carboxylic acid groups (broad SMARTS) is 1. The highest BCUT2D eigenvalue weighted by atomic mass is 127. The largest absolute Gasteiger partial charge is 0.481 e. The van der Waals surface area contributed by atoms with Crippen molar-refractivity contribution in [2.45, 2.75) is 19.4 Å². The van der Waals surface area contributed by atoms with E-state index in [1.54, 1.807) is 19.1 Å². The summed E-state index contributed by atoms with van der Waals surface area (Å²) in [6.07, 6.45) is -0.107. The van der Waals surface area contributed by atoms with E-state index in [0.29, 0.717) is 5.69 Å². The fourth-order valence-electron chi connectivity index (χ4n) is 1.28. The first-order valence-corrected chi connectivity index (χ1v) is 7.00. The minimum Gasteiger partial charge on any atom is -0.481 e. The second kappa shape index (κ2) is 6.93. The molecule has 0 saturated heterocycles. The molecule has 18 heavy (non-hydrogen) atoms. The molecule has 0 aliphatic heterocycles. The van der Waals surface area contributed by atoms with Gasteiger partial charge in [-0.05, 0) is 63.6 Å². The third kappa shape index (κ3) is 5.21. The predicted octanol–water partition coefficient (Wildman–Crippen LogP) is 3.04. The van der Waals surface area contributed by atoms with E-state index in [1.165, 1.54) is 0 Å². The third-order valence-corrected chi connectivity index (χ3v) is 4.37. The number of amides is 2. The number of rotatable bonds is 4. The van der Waals surface area contributed by atoms with Crippen LogP contribution in [0.2, 0.25) is 0 Å². The van der Waals surface area contributed by atoms with E-state index in [-0.39, 0.29) is 6.42 Å². The normalized spacial score (nSPS) is 11.7. The molecule has 3 N–H and O–H groups in total. The summed E-state index contributed by atoms with van der Waals surface area (Å²) in [6.45, 7) is 1.64. The van der Waals surface area contributed by atoms with Crippen LogP contribution in [0.3, 0.4) is 0 Å². The predicted molar refractivity (Wildman–Crippen MR) is 80.7 cm³/mol. The van der Waals surface area contributed by atoms with Gasteiger partial charge in [0.1, 0.15) is 0 Å². The molecule has 7 heteroatoms. The molecule has 1 rings (SSSR count). The summed E-state index contributed by atoms with van der Waals surface area (Å²) in [4.78, 5) is 22.0. The van der Waals surface area contributed by atoms with Crippen molar-refractivity contribution in [1.82, 2.24) is 5.32 Å². The first kappa shape index (κ1) is 15.2. The third-order valence-electron chi connectivity index (χ3n) is 2.04. The van der Waals surface area contributed by atoms with Crippen molar-refractivity contribution in [3.63, 3.8) is 0 Å². The fourth-order valence-corrected chi connectivity index (χ4v) is 1.99. The van der Waals surface area contributed by atoms with Crippen LogP contribution < -0.4 is 10.6 Å². The van der Waals surface area contributed by atoms with E-state index in [9.17, 15) is 9.59 Å². The van der Waals surface area contributed by atoms with Crippen molar-refractivity contribution in [3.05, 3.63) is 26.2 Å². The van der Waals surface area contributed by atoms with Gasteiger partial charge in [-0.25, -0.2) is 4.79 Å². The lowest BCUT2D eigenvalue weighted by Crippen LogP contribution is -2.37. The molecule has 0 fully saturated rings. The van der Waals surface area contributed by atoms with Crippen molar-refractivity contribution < 1.29 is 14.7 Å². The minimum atomic E-state index is -0.945. The highest BCUT2D eigenvalue weighted by Crippen LogP contribution is 2.22. The Morgan fingerprint density at radius 3 is 2.72 bits per heavy atom. The van der Waals surface area contributed by atoms with E-state index in [0.717, 1.165) is 8.04 Å². The maximum absolute atomic E-state index is 11.6. The second-order valence-electron chi connectivity index (χ2n) is 3.73. The summed E-state index contributed by atoms with van der Waals surface area (Å²) in [7, 11) is 0. The molecule has 0 aromatic heterocycles. The van der Waals surface area contributed by atoms with Crippen LogP contribution in [0.25, 0.3) is 0 Å². The summed E-state index contributed by atoms with van der Waals surface area (Å²) in [6, 6.07) is 4.57. The molecule has 0 bridgehead atoms. The van der Waals surface area contributed by atoms with Crippen LogP contribution in [-0.4, -0.2) is 23.1 Å². The van der Waals surface area contributed by atoms with Gasteiger partial charge in [0.05, 0.1) is 6.42 Å². The topological polar surface area (TPSA) is 78.4 Å². The van der Waals surface area contributed by atoms with Crippen molar-refractivity contribution in [1.29, 1.82) is 0 Å². The molecule has 0 heterocycles. The first-order chi connectivity index (χ1) is 8.38. The number of hydrogen-bond acceptors (Lipinski definition) is 2. The number of carboxylic acids is 1. The van der Waals surface area contributed by atoms with Gasteiger partial charge in [0.25, 0.3) is 0 Å². The van der Waals surface area contributed by atoms with E-state index in [1.807, 2.05) is 6.07 Å². The van der Waals surface area contributed by atoms with E-state index < -0.39 is 18.0 Å². The molecular weight excluding hydrogens is 415 g/mol. The Bertz CT molecular complexity index is 468. The van der Waals surface area contributed by atoms with Crippen LogP contribution in [0.1, 0.15) is 13.3 Å². The molecule has 2 amide bonds. The lowest BCUT2D eigenvalue weighted by Gasteiger charge is -2.13. The average molecular weight is 427 g/mol. The van der Waals surface area contributed by atoms with Crippen LogP contribution in [0, 0.1) is 3.57 Å². The molecule has 1 unspecified atom stereocenters. The zero-order valence-corrected chi connectivity index (χ0v) is 13.3. The smallest absolute Gasteiger partial charge is 0.319 e. The maximum Gasteiger partial charge on any atom is 0.319 e. The number of benzene rings is 1. The number of aliphatic carboxylic acids is 1. The maximum atomic E-state index is 11.6. The molecule has 1 aromatic carbocycles. The number of carbonyl (C=O) groups excluding carboxylic acids is 1. The van der Waals surface area contributed by atoms with E-state index in [4.69, 9.17) is 5.11 Å². The van der Waals surface area contributed by atoms with Gasteiger partial charge in [0, 0.05) is 19.8 Å². The highest BCUT2D eigenvalue weighted by Gasteiger charge is 2.11. The fraction of sp³-hybridized carbons (Fsp3) is 0.273. The number of nitrogens with one attached hydrogen (secondary N) is 2. The number of anilines is 1. The molecule has 98 valence electrons. The Kier molecular flexibility index (Phi) is 5.86. The van der Waals surface area contributed by atoms with Crippen LogP contribution in [0.15, 0.2) is 22.7 Å². The van der Waals surface area contributed by atoms with Gasteiger partial charge in [-0.1, -0.05) is 0 Å². The SMILES string of the molecule is CC(CC(=O)O)NC(=O)Nc1ccc(I)c(Br)c1. The molecule has 5 nitrogen and oxygen atoms in total. The Morgan fingerprint density at radius 1 is 1.50 bits per heavy atom. The minimum absolute atomic E-state index is 0.107. The first-order valence-electron chi connectivity index (χ1n) is 5.13. The number of hydrogen-bond donors (Lipinski definition) is 3. The summed E-state index contributed by atoms with van der Waals surface area (Å²) >= 11 is 5.53. The van der Waals surface area contributed by atoms with Crippen LogP contribution >= 0.6 is 38.5 Å². The molecule has 0 saturated carbocycles. The van der Waals surface area contributed by atoms with Crippen LogP contribution in [0.5, 0.6) is 0 Å². The van der Waals surface area contributed by atoms with E-state index in [2.05, 4.69) is 49.2 Å². The van der Waals surface area contributed by atoms with Crippen molar-refractivity contribution in [2.75, 3.05) is 5.32 Å². The molecule has 0 aliphatic rings. The Morgan fingerprint density at radius 2 is 2.17 bits per heavy atom. The molecule has 1 atom stereocenters. The lowest BCUT2D eigenvalue weighted by molar-refractivity contribution is -0.137. The van der Waals surface area contributed by atoms with Gasteiger partial charge in [-0.2, -0.15) is 0 Å². The Hall–Kier alpha value is -0.830. The van der Waals surface area contributed by atoms with Gasteiger partial charge < -0.3 is 15.7 Å². The molecule has 0 radical (unpaired) electrons. The zero-order valence-electron chi connectivity index (χ0n) is 9.54. The standard InChI is InChI=1S/C11H12BrIN2O3/c1-6(4-10(16)17)14-11(18)15-7-2-3-9(13)8(12)5-7/h2-3,5-6H,4H2,1H3,(H,16,17)(H2,14,15,18). The second-order valence-corrected chi connectivity index (χ2v) is 5.74. The van der Waals surface area contributed by atoms with E-state index >= 15 is 0 Å². The summed E-state index contributed by atoms with van der Waals surface area (Å²) < 4.78 is 1.93.